The van der Waals surface area contributed by atoms with Gasteiger partial charge in [-0.25, -0.2) is 0 Å². The molecule has 0 heterocycles. The van der Waals surface area contributed by atoms with Crippen LogP contribution < -0.4 is 0 Å². The zero-order valence-electron chi connectivity index (χ0n) is 3.61. The summed E-state index contributed by atoms with van der Waals surface area (Å²) in [6, 6.07) is 0. The second-order valence-corrected chi connectivity index (χ2v) is 0.915. The Morgan fingerprint density at radius 2 is 1.25 bits per heavy atom. The summed E-state index contributed by atoms with van der Waals surface area (Å²) in [5.41, 5.74) is 0. The fourth-order valence-corrected chi connectivity index (χ4v) is 0. The van der Waals surface area contributed by atoms with Gasteiger partial charge in [-0.2, -0.15) is 13.2 Å². The summed E-state index contributed by atoms with van der Waals surface area (Å²) in [5, 5.41) is 14.6. The summed E-state index contributed by atoms with van der Waals surface area (Å²) in [7, 11) is 0. The second kappa shape index (κ2) is 2.85. The van der Waals surface area contributed by atoms with E-state index in [4.69, 9.17) is 10.2 Å². The van der Waals surface area contributed by atoms with Gasteiger partial charge in [0.05, 0.1) is 0 Å². The van der Waals surface area contributed by atoms with Crippen LogP contribution in [0.3, 0.4) is 0 Å². The lowest BCUT2D eigenvalue weighted by molar-refractivity contribution is -0.275. The van der Waals surface area contributed by atoms with Crippen molar-refractivity contribution in [2.75, 3.05) is 0 Å². The highest BCUT2D eigenvalue weighted by atomic mass is 19.4. The molecule has 0 aliphatic carbocycles. The molecule has 0 saturated heterocycles. The maximum absolute atomic E-state index is 10.7. The lowest BCUT2D eigenvalue weighted by Crippen LogP contribution is -2.27. The standard InChI is InChI=1S/C2H3F3O2.H2O/c3-2(4,5)1(6)7;/h1,6-7H;1H2. The van der Waals surface area contributed by atoms with Gasteiger partial charge in [0, 0.05) is 0 Å². The largest absolute Gasteiger partial charge is 0.439 e. The number of alkyl halides is 3. The summed E-state index contributed by atoms with van der Waals surface area (Å²) in [6.07, 6.45) is -8.09. The van der Waals surface area contributed by atoms with Crippen LogP contribution in [0.1, 0.15) is 0 Å². The van der Waals surface area contributed by atoms with Gasteiger partial charge in [0.15, 0.2) is 0 Å². The molecule has 0 amide bonds. The zero-order valence-corrected chi connectivity index (χ0v) is 3.61. The first-order chi connectivity index (χ1) is 2.94. The molecule has 0 unspecified atom stereocenters. The Morgan fingerprint density at radius 1 is 1.12 bits per heavy atom. The number of hydrogen-bond donors (Lipinski definition) is 2. The molecule has 0 aliphatic heterocycles. The summed E-state index contributed by atoms with van der Waals surface area (Å²) in [4.78, 5) is 0. The van der Waals surface area contributed by atoms with E-state index >= 15 is 0 Å². The van der Waals surface area contributed by atoms with Crippen molar-refractivity contribution in [3.05, 3.63) is 0 Å². The Balaban J connectivity index is 0. The van der Waals surface area contributed by atoms with Crippen molar-refractivity contribution in [2.45, 2.75) is 12.5 Å². The van der Waals surface area contributed by atoms with Gasteiger partial charge in [-0.3, -0.25) is 0 Å². The predicted molar refractivity (Wildman–Crippen MR) is 17.9 cm³/mol. The van der Waals surface area contributed by atoms with E-state index in [1.165, 1.54) is 0 Å². The smallest absolute Gasteiger partial charge is 0.412 e. The van der Waals surface area contributed by atoms with Crippen LogP contribution in [-0.4, -0.2) is 28.2 Å². The molecule has 0 bridgehead atoms. The molecule has 0 radical (unpaired) electrons. The van der Waals surface area contributed by atoms with Gasteiger partial charge >= 0.3 is 6.18 Å². The maximum atomic E-state index is 10.7. The van der Waals surface area contributed by atoms with E-state index in [9.17, 15) is 13.2 Å². The molecule has 3 nitrogen and oxygen atoms in total. The average molecular weight is 134 g/mol. The van der Waals surface area contributed by atoms with E-state index in [1.807, 2.05) is 0 Å². The van der Waals surface area contributed by atoms with Crippen molar-refractivity contribution in [3.63, 3.8) is 0 Å². The summed E-state index contributed by atoms with van der Waals surface area (Å²) in [5.74, 6) is 0. The van der Waals surface area contributed by atoms with E-state index < -0.39 is 12.5 Å². The quantitative estimate of drug-likeness (QED) is 0.418. The number of aliphatic hydroxyl groups excluding tert-OH is 1. The Kier molecular flexibility index (Phi) is 3.78. The molecule has 0 saturated carbocycles. The summed E-state index contributed by atoms with van der Waals surface area (Å²) in [6.45, 7) is 0. The lowest BCUT2D eigenvalue weighted by Gasteiger charge is -2.05. The van der Waals surface area contributed by atoms with Crippen LogP contribution in [0, 0.1) is 0 Å². The third-order valence-corrected chi connectivity index (χ3v) is 0.293. The third kappa shape index (κ3) is 3.85. The van der Waals surface area contributed by atoms with Crippen LogP contribution in [0.5, 0.6) is 0 Å². The highest BCUT2D eigenvalue weighted by Crippen LogP contribution is 2.16. The number of aliphatic hydroxyl groups is 2. The Morgan fingerprint density at radius 3 is 1.25 bits per heavy atom. The fraction of sp³-hybridized carbons (Fsp3) is 1.00. The first kappa shape index (κ1) is 10.6. The van der Waals surface area contributed by atoms with Gasteiger partial charge in [-0.05, 0) is 0 Å². The highest BCUT2D eigenvalue weighted by Gasteiger charge is 2.36. The van der Waals surface area contributed by atoms with Crippen molar-refractivity contribution in [1.82, 2.24) is 0 Å². The number of rotatable bonds is 0. The van der Waals surface area contributed by atoms with Gasteiger partial charge in [0.2, 0.25) is 0 Å². The Bertz CT molecular complexity index is 58.0. The molecule has 0 rings (SSSR count). The molecule has 0 atom stereocenters. The molecule has 8 heavy (non-hydrogen) atoms. The van der Waals surface area contributed by atoms with Gasteiger partial charge in [-0.1, -0.05) is 0 Å². The van der Waals surface area contributed by atoms with Gasteiger partial charge in [0.1, 0.15) is 0 Å². The molecule has 0 aromatic rings. The van der Waals surface area contributed by atoms with Crippen LogP contribution in [0.25, 0.3) is 0 Å². The number of hydrogen-bond acceptors (Lipinski definition) is 2. The summed E-state index contributed by atoms with van der Waals surface area (Å²) < 4.78 is 32.0. The topological polar surface area (TPSA) is 72.0 Å². The Labute approximate surface area is 42.7 Å². The van der Waals surface area contributed by atoms with Crippen LogP contribution in [0.4, 0.5) is 13.2 Å². The van der Waals surface area contributed by atoms with E-state index in [0.29, 0.717) is 0 Å². The molecule has 0 aromatic carbocycles. The molecule has 6 heteroatoms. The summed E-state index contributed by atoms with van der Waals surface area (Å²) >= 11 is 0. The van der Waals surface area contributed by atoms with Crippen molar-refractivity contribution >= 4 is 0 Å². The minimum atomic E-state index is -4.89. The minimum absolute atomic E-state index is 0. The average Bonchev–Trinajstić information content (AvgIpc) is 1.31. The van der Waals surface area contributed by atoms with Crippen LogP contribution in [-0.2, 0) is 0 Å². The number of halogens is 3. The van der Waals surface area contributed by atoms with E-state index in [0.717, 1.165) is 0 Å². The van der Waals surface area contributed by atoms with Crippen molar-refractivity contribution in [3.8, 4) is 0 Å². The molecule has 0 aliphatic rings. The van der Waals surface area contributed by atoms with Gasteiger partial charge in [0.25, 0.3) is 6.29 Å². The highest BCUT2D eigenvalue weighted by molar-refractivity contribution is 4.47. The van der Waals surface area contributed by atoms with Crippen LogP contribution in [0.15, 0.2) is 0 Å². The third-order valence-electron chi connectivity index (χ3n) is 0.293. The lowest BCUT2D eigenvalue weighted by atomic mass is 10.6. The fourth-order valence-electron chi connectivity index (χ4n) is 0. The van der Waals surface area contributed by atoms with Crippen LogP contribution in [0.2, 0.25) is 0 Å². The second-order valence-electron chi connectivity index (χ2n) is 0.915. The Hall–Kier alpha value is -0.330. The maximum Gasteiger partial charge on any atom is 0.439 e. The van der Waals surface area contributed by atoms with E-state index in [1.54, 1.807) is 0 Å². The van der Waals surface area contributed by atoms with Crippen molar-refractivity contribution in [2.24, 2.45) is 0 Å². The molecular weight excluding hydrogens is 129 g/mol. The van der Waals surface area contributed by atoms with E-state index in [-0.39, 0.29) is 5.48 Å². The minimum Gasteiger partial charge on any atom is -0.412 e. The molecule has 0 spiro atoms. The van der Waals surface area contributed by atoms with Crippen molar-refractivity contribution < 1.29 is 28.9 Å². The molecule has 4 N–H and O–H groups in total. The van der Waals surface area contributed by atoms with Gasteiger partial charge in [-0.15, -0.1) is 0 Å². The zero-order chi connectivity index (χ0) is 6.08. The SMILES string of the molecule is O.OC(O)C(F)(F)F. The van der Waals surface area contributed by atoms with Gasteiger partial charge < -0.3 is 15.7 Å². The predicted octanol–water partition coefficient (Wildman–Crippen LogP) is -0.965. The molecular formula is C2H5F3O3. The van der Waals surface area contributed by atoms with Crippen molar-refractivity contribution in [1.29, 1.82) is 0 Å². The molecule has 52 valence electrons. The monoisotopic (exact) mass is 134 g/mol. The first-order valence-corrected chi connectivity index (χ1v) is 1.37. The van der Waals surface area contributed by atoms with E-state index in [2.05, 4.69) is 0 Å². The van der Waals surface area contributed by atoms with Crippen LogP contribution >= 0.6 is 0 Å². The molecule has 0 fully saturated rings. The normalized spacial score (nSPS) is 11.2. The molecule has 0 aromatic heterocycles. The first-order valence-electron chi connectivity index (χ1n) is 1.37.